The molecule has 1 nitrogen and oxygen atoms in total. The summed E-state index contributed by atoms with van der Waals surface area (Å²) in [6, 6.07) is 8.91. The van der Waals surface area contributed by atoms with Gasteiger partial charge in [-0.25, -0.2) is 0 Å². The van der Waals surface area contributed by atoms with E-state index in [-0.39, 0.29) is 6.04 Å². The lowest BCUT2D eigenvalue weighted by molar-refractivity contribution is 0.230. The molecule has 3 atom stereocenters. The zero-order valence-electron chi connectivity index (χ0n) is 10.5. The van der Waals surface area contributed by atoms with E-state index in [2.05, 4.69) is 53.8 Å². The van der Waals surface area contributed by atoms with Gasteiger partial charge >= 0.3 is 0 Å². The van der Waals surface area contributed by atoms with Crippen LogP contribution in [0.25, 0.3) is 0 Å². The van der Waals surface area contributed by atoms with Crippen LogP contribution in [0, 0.1) is 15.4 Å². The lowest BCUT2D eigenvalue weighted by Crippen LogP contribution is -2.26. The molecule has 1 aliphatic rings. The standard InChI is InChI=1S/C15H22IN/c1-2-11-5-3-6-12(9-11)15(17)13-7-4-8-14(16)10-13/h4,7-8,10-12,15H,2-3,5-6,9,17H2,1H3. The molecule has 0 saturated heterocycles. The van der Waals surface area contributed by atoms with Crippen LogP contribution in [-0.2, 0) is 0 Å². The van der Waals surface area contributed by atoms with Crippen LogP contribution in [0.4, 0.5) is 0 Å². The van der Waals surface area contributed by atoms with Crippen molar-refractivity contribution in [1.29, 1.82) is 0 Å². The third-order valence-electron chi connectivity index (χ3n) is 4.14. The highest BCUT2D eigenvalue weighted by Crippen LogP contribution is 2.37. The molecule has 0 aliphatic heterocycles. The highest BCUT2D eigenvalue weighted by Gasteiger charge is 2.26. The molecule has 1 aromatic rings. The van der Waals surface area contributed by atoms with Gasteiger partial charge in [-0.1, -0.05) is 38.3 Å². The maximum absolute atomic E-state index is 6.45. The Morgan fingerprint density at radius 1 is 1.41 bits per heavy atom. The fourth-order valence-electron chi connectivity index (χ4n) is 3.02. The third-order valence-corrected chi connectivity index (χ3v) is 4.81. The Bertz CT molecular complexity index is 364. The molecular formula is C15H22IN. The number of rotatable bonds is 3. The van der Waals surface area contributed by atoms with Gasteiger partial charge in [0.05, 0.1) is 0 Å². The minimum atomic E-state index is 0.235. The van der Waals surface area contributed by atoms with Crippen molar-refractivity contribution < 1.29 is 0 Å². The first-order valence-corrected chi connectivity index (χ1v) is 7.79. The van der Waals surface area contributed by atoms with Crippen LogP contribution < -0.4 is 5.73 Å². The summed E-state index contributed by atoms with van der Waals surface area (Å²) in [5, 5.41) is 0. The number of hydrogen-bond donors (Lipinski definition) is 1. The molecule has 1 fully saturated rings. The highest BCUT2D eigenvalue weighted by molar-refractivity contribution is 14.1. The number of hydrogen-bond acceptors (Lipinski definition) is 1. The quantitative estimate of drug-likeness (QED) is 0.803. The van der Waals surface area contributed by atoms with Gasteiger partial charge in [-0.05, 0) is 65.0 Å². The summed E-state index contributed by atoms with van der Waals surface area (Å²) in [6.07, 6.45) is 6.72. The van der Waals surface area contributed by atoms with E-state index in [1.807, 2.05) is 0 Å². The van der Waals surface area contributed by atoms with Crippen molar-refractivity contribution in [3.05, 3.63) is 33.4 Å². The Kier molecular flexibility index (Phi) is 4.86. The van der Waals surface area contributed by atoms with Crippen LogP contribution in [-0.4, -0.2) is 0 Å². The maximum atomic E-state index is 6.45. The summed E-state index contributed by atoms with van der Waals surface area (Å²) in [4.78, 5) is 0. The first-order valence-electron chi connectivity index (χ1n) is 6.71. The molecular weight excluding hydrogens is 321 g/mol. The molecule has 94 valence electrons. The summed E-state index contributed by atoms with van der Waals surface area (Å²) >= 11 is 2.37. The predicted molar refractivity (Wildman–Crippen MR) is 81.8 cm³/mol. The molecule has 0 spiro atoms. The van der Waals surface area contributed by atoms with Gasteiger partial charge in [0.25, 0.3) is 0 Å². The number of benzene rings is 1. The molecule has 2 N–H and O–H groups in total. The zero-order valence-corrected chi connectivity index (χ0v) is 12.7. The highest BCUT2D eigenvalue weighted by atomic mass is 127. The Balaban J connectivity index is 2.06. The molecule has 1 saturated carbocycles. The molecule has 0 aromatic heterocycles. The van der Waals surface area contributed by atoms with E-state index in [9.17, 15) is 0 Å². The second-order valence-corrected chi connectivity index (χ2v) is 6.53. The van der Waals surface area contributed by atoms with Crippen molar-refractivity contribution in [3.8, 4) is 0 Å². The summed E-state index contributed by atoms with van der Waals surface area (Å²) < 4.78 is 1.29. The molecule has 2 heteroatoms. The molecule has 1 aromatic carbocycles. The Morgan fingerprint density at radius 2 is 2.24 bits per heavy atom. The summed E-state index contributed by atoms with van der Waals surface area (Å²) in [5.41, 5.74) is 7.77. The van der Waals surface area contributed by atoms with E-state index >= 15 is 0 Å². The lowest BCUT2D eigenvalue weighted by atomic mass is 9.75. The summed E-state index contributed by atoms with van der Waals surface area (Å²) in [5.74, 6) is 1.59. The SMILES string of the molecule is CCC1CCCC(C(N)c2cccc(I)c2)C1. The minimum absolute atomic E-state index is 0.235. The smallest absolute Gasteiger partial charge is 0.0323 e. The van der Waals surface area contributed by atoms with E-state index in [1.54, 1.807) is 0 Å². The van der Waals surface area contributed by atoms with Crippen molar-refractivity contribution in [2.24, 2.45) is 17.6 Å². The second-order valence-electron chi connectivity index (χ2n) is 5.28. The van der Waals surface area contributed by atoms with E-state index < -0.39 is 0 Å². The van der Waals surface area contributed by atoms with Crippen molar-refractivity contribution in [2.75, 3.05) is 0 Å². The first-order chi connectivity index (χ1) is 8.20. The van der Waals surface area contributed by atoms with Crippen molar-refractivity contribution in [2.45, 2.75) is 45.1 Å². The second kappa shape index (κ2) is 6.19. The number of halogens is 1. The topological polar surface area (TPSA) is 26.0 Å². The van der Waals surface area contributed by atoms with Crippen LogP contribution >= 0.6 is 22.6 Å². The van der Waals surface area contributed by atoms with Crippen LogP contribution in [0.5, 0.6) is 0 Å². The summed E-state index contributed by atoms with van der Waals surface area (Å²) in [7, 11) is 0. The van der Waals surface area contributed by atoms with Gasteiger partial charge in [0.2, 0.25) is 0 Å². The summed E-state index contributed by atoms with van der Waals surface area (Å²) in [6.45, 7) is 2.31. The molecule has 0 amide bonds. The lowest BCUT2D eigenvalue weighted by Gasteiger charge is -2.32. The van der Waals surface area contributed by atoms with Gasteiger partial charge in [0, 0.05) is 9.61 Å². The average Bonchev–Trinajstić information content (AvgIpc) is 2.38. The zero-order chi connectivity index (χ0) is 12.3. The monoisotopic (exact) mass is 343 g/mol. The molecule has 0 heterocycles. The first kappa shape index (κ1) is 13.3. The van der Waals surface area contributed by atoms with E-state index in [0.717, 1.165) is 5.92 Å². The van der Waals surface area contributed by atoms with Gasteiger partial charge < -0.3 is 5.73 Å². The fourth-order valence-corrected chi connectivity index (χ4v) is 3.58. The third kappa shape index (κ3) is 3.44. The van der Waals surface area contributed by atoms with Crippen LogP contribution in [0.1, 0.15) is 50.6 Å². The Hall–Kier alpha value is -0.0900. The molecule has 0 radical (unpaired) electrons. The fraction of sp³-hybridized carbons (Fsp3) is 0.600. The van der Waals surface area contributed by atoms with Gasteiger partial charge in [0.15, 0.2) is 0 Å². The molecule has 3 unspecified atom stereocenters. The Labute approximate surface area is 118 Å². The normalized spacial score (nSPS) is 26.8. The van der Waals surface area contributed by atoms with E-state index in [0.29, 0.717) is 5.92 Å². The number of nitrogens with two attached hydrogens (primary N) is 1. The average molecular weight is 343 g/mol. The molecule has 1 aliphatic carbocycles. The molecule has 2 rings (SSSR count). The van der Waals surface area contributed by atoms with Crippen molar-refractivity contribution in [1.82, 2.24) is 0 Å². The van der Waals surface area contributed by atoms with Gasteiger partial charge in [-0.2, -0.15) is 0 Å². The van der Waals surface area contributed by atoms with Gasteiger partial charge in [-0.3, -0.25) is 0 Å². The van der Waals surface area contributed by atoms with Crippen LogP contribution in [0.3, 0.4) is 0 Å². The van der Waals surface area contributed by atoms with Gasteiger partial charge in [0.1, 0.15) is 0 Å². The minimum Gasteiger partial charge on any atom is -0.324 e. The van der Waals surface area contributed by atoms with Crippen molar-refractivity contribution in [3.63, 3.8) is 0 Å². The maximum Gasteiger partial charge on any atom is 0.0323 e. The molecule has 0 bridgehead atoms. The largest absolute Gasteiger partial charge is 0.324 e. The van der Waals surface area contributed by atoms with E-state index in [1.165, 1.54) is 41.2 Å². The van der Waals surface area contributed by atoms with Crippen LogP contribution in [0.2, 0.25) is 0 Å². The Morgan fingerprint density at radius 3 is 2.94 bits per heavy atom. The van der Waals surface area contributed by atoms with Gasteiger partial charge in [-0.15, -0.1) is 0 Å². The van der Waals surface area contributed by atoms with Crippen molar-refractivity contribution >= 4 is 22.6 Å². The van der Waals surface area contributed by atoms with Crippen LogP contribution in [0.15, 0.2) is 24.3 Å². The predicted octanol–water partition coefficient (Wildman–Crippen LogP) is 4.51. The molecule has 17 heavy (non-hydrogen) atoms. The van der Waals surface area contributed by atoms with E-state index in [4.69, 9.17) is 5.73 Å².